The van der Waals surface area contributed by atoms with Crippen molar-refractivity contribution in [3.05, 3.63) is 28.8 Å². The lowest BCUT2D eigenvalue weighted by Gasteiger charge is -2.14. The van der Waals surface area contributed by atoms with E-state index in [0.717, 1.165) is 12.1 Å². The molecule has 0 heterocycles. The number of benzene rings is 1. The number of carbonyl (C=O) groups is 1. The zero-order valence-electron chi connectivity index (χ0n) is 12.2. The standard InChI is InChI=1S/C15H22ClNO3/c1-4-19-15(18)10-20-14-7-5-6-13(16)12(14)9-17-8-11(2)3/h5-7,11,17H,4,8-10H2,1-3H3. The fourth-order valence-corrected chi connectivity index (χ4v) is 1.90. The normalized spacial score (nSPS) is 10.7. The first-order valence-electron chi connectivity index (χ1n) is 6.81. The van der Waals surface area contributed by atoms with Gasteiger partial charge in [0.05, 0.1) is 6.61 Å². The number of halogens is 1. The second kappa shape index (κ2) is 8.82. The fraction of sp³-hybridized carbons (Fsp3) is 0.533. The summed E-state index contributed by atoms with van der Waals surface area (Å²) in [7, 11) is 0. The molecule has 1 rings (SSSR count). The Morgan fingerprint density at radius 1 is 1.40 bits per heavy atom. The quantitative estimate of drug-likeness (QED) is 0.750. The van der Waals surface area contributed by atoms with Crippen LogP contribution in [0.4, 0.5) is 0 Å². The SMILES string of the molecule is CCOC(=O)COc1cccc(Cl)c1CNCC(C)C. The average Bonchev–Trinajstić information content (AvgIpc) is 2.39. The Labute approximate surface area is 125 Å². The molecule has 0 spiro atoms. The molecule has 5 heteroatoms. The summed E-state index contributed by atoms with van der Waals surface area (Å²) in [6, 6.07) is 5.41. The van der Waals surface area contributed by atoms with Crippen LogP contribution >= 0.6 is 11.6 Å². The molecule has 0 unspecified atom stereocenters. The Bertz CT molecular complexity index is 435. The molecule has 4 nitrogen and oxygen atoms in total. The van der Waals surface area contributed by atoms with Crippen LogP contribution in [0.2, 0.25) is 5.02 Å². The first-order valence-corrected chi connectivity index (χ1v) is 7.18. The molecule has 0 radical (unpaired) electrons. The van der Waals surface area contributed by atoms with Gasteiger partial charge < -0.3 is 14.8 Å². The van der Waals surface area contributed by atoms with E-state index in [1.54, 1.807) is 19.1 Å². The number of hydrogen-bond donors (Lipinski definition) is 1. The molecule has 0 saturated carbocycles. The molecule has 0 atom stereocenters. The molecule has 0 aliphatic rings. The van der Waals surface area contributed by atoms with Gasteiger partial charge in [0.25, 0.3) is 0 Å². The molecule has 0 aliphatic heterocycles. The minimum atomic E-state index is -0.381. The van der Waals surface area contributed by atoms with Crippen molar-refractivity contribution in [2.45, 2.75) is 27.3 Å². The Morgan fingerprint density at radius 3 is 2.80 bits per heavy atom. The molecule has 112 valence electrons. The highest BCUT2D eigenvalue weighted by atomic mass is 35.5. The van der Waals surface area contributed by atoms with Crippen LogP contribution in [0.15, 0.2) is 18.2 Å². The van der Waals surface area contributed by atoms with Crippen molar-refractivity contribution in [1.29, 1.82) is 0 Å². The highest BCUT2D eigenvalue weighted by molar-refractivity contribution is 6.31. The minimum absolute atomic E-state index is 0.106. The van der Waals surface area contributed by atoms with Crippen molar-refractivity contribution in [3.63, 3.8) is 0 Å². The molecule has 0 aliphatic carbocycles. The maximum absolute atomic E-state index is 11.3. The number of rotatable bonds is 8. The Kier molecular flexibility index (Phi) is 7.41. The van der Waals surface area contributed by atoms with E-state index in [9.17, 15) is 4.79 Å². The fourth-order valence-electron chi connectivity index (χ4n) is 1.67. The maximum Gasteiger partial charge on any atom is 0.344 e. The highest BCUT2D eigenvalue weighted by Crippen LogP contribution is 2.26. The minimum Gasteiger partial charge on any atom is -0.482 e. The zero-order chi connectivity index (χ0) is 15.0. The van der Waals surface area contributed by atoms with Crippen LogP contribution in [-0.4, -0.2) is 25.7 Å². The van der Waals surface area contributed by atoms with E-state index in [1.807, 2.05) is 6.07 Å². The lowest BCUT2D eigenvalue weighted by molar-refractivity contribution is -0.145. The van der Waals surface area contributed by atoms with E-state index in [2.05, 4.69) is 19.2 Å². The number of ether oxygens (including phenoxy) is 2. The maximum atomic E-state index is 11.3. The van der Waals surface area contributed by atoms with Crippen LogP contribution in [0.1, 0.15) is 26.3 Å². The van der Waals surface area contributed by atoms with E-state index in [4.69, 9.17) is 21.1 Å². The van der Waals surface area contributed by atoms with E-state index in [1.165, 1.54) is 0 Å². The number of esters is 1. The molecule has 1 aromatic rings. The number of nitrogens with one attached hydrogen (secondary N) is 1. The van der Waals surface area contributed by atoms with Crippen molar-refractivity contribution < 1.29 is 14.3 Å². The Hall–Kier alpha value is -1.26. The lowest BCUT2D eigenvalue weighted by Crippen LogP contribution is -2.20. The smallest absolute Gasteiger partial charge is 0.344 e. The van der Waals surface area contributed by atoms with Gasteiger partial charge in [-0.15, -0.1) is 0 Å². The van der Waals surface area contributed by atoms with E-state index < -0.39 is 0 Å². The van der Waals surface area contributed by atoms with Crippen LogP contribution < -0.4 is 10.1 Å². The van der Waals surface area contributed by atoms with Gasteiger partial charge in [-0.05, 0) is 31.5 Å². The van der Waals surface area contributed by atoms with Gasteiger partial charge in [-0.25, -0.2) is 4.79 Å². The van der Waals surface area contributed by atoms with Gasteiger partial charge in [0.2, 0.25) is 0 Å². The first kappa shape index (κ1) is 16.8. The molecule has 0 fully saturated rings. The summed E-state index contributed by atoms with van der Waals surface area (Å²) in [5, 5.41) is 3.94. The Balaban J connectivity index is 2.65. The van der Waals surface area contributed by atoms with Gasteiger partial charge in [-0.1, -0.05) is 31.5 Å². The van der Waals surface area contributed by atoms with Crippen molar-refractivity contribution in [1.82, 2.24) is 5.32 Å². The average molecular weight is 300 g/mol. The van der Waals surface area contributed by atoms with Crippen LogP contribution in [0.5, 0.6) is 5.75 Å². The van der Waals surface area contributed by atoms with Crippen molar-refractivity contribution in [3.8, 4) is 5.75 Å². The summed E-state index contributed by atoms with van der Waals surface area (Å²) in [5.41, 5.74) is 0.860. The monoisotopic (exact) mass is 299 g/mol. The van der Waals surface area contributed by atoms with Crippen molar-refractivity contribution in [2.24, 2.45) is 5.92 Å². The van der Waals surface area contributed by atoms with Crippen LogP contribution in [0.3, 0.4) is 0 Å². The van der Waals surface area contributed by atoms with Gasteiger partial charge in [0, 0.05) is 17.1 Å². The number of carbonyl (C=O) groups excluding carboxylic acids is 1. The third-order valence-corrected chi connectivity index (χ3v) is 2.94. The van der Waals surface area contributed by atoms with Crippen LogP contribution in [-0.2, 0) is 16.1 Å². The third-order valence-electron chi connectivity index (χ3n) is 2.58. The molecule has 1 N–H and O–H groups in total. The van der Waals surface area contributed by atoms with Gasteiger partial charge in [-0.2, -0.15) is 0 Å². The van der Waals surface area contributed by atoms with Crippen LogP contribution in [0, 0.1) is 5.92 Å². The summed E-state index contributed by atoms with van der Waals surface area (Å²) in [6.07, 6.45) is 0. The second-order valence-corrected chi connectivity index (χ2v) is 5.24. The topological polar surface area (TPSA) is 47.6 Å². The summed E-state index contributed by atoms with van der Waals surface area (Å²) < 4.78 is 10.3. The molecule has 0 saturated heterocycles. The van der Waals surface area contributed by atoms with Gasteiger partial charge in [0.1, 0.15) is 5.75 Å². The molecule has 20 heavy (non-hydrogen) atoms. The van der Waals surface area contributed by atoms with E-state index >= 15 is 0 Å². The highest BCUT2D eigenvalue weighted by Gasteiger charge is 2.10. The first-order chi connectivity index (χ1) is 9.54. The van der Waals surface area contributed by atoms with Gasteiger partial charge in [0.15, 0.2) is 6.61 Å². The van der Waals surface area contributed by atoms with Crippen LogP contribution in [0.25, 0.3) is 0 Å². The van der Waals surface area contributed by atoms with E-state index in [0.29, 0.717) is 29.8 Å². The summed E-state index contributed by atoms with van der Waals surface area (Å²) >= 11 is 6.19. The molecule has 0 amide bonds. The summed E-state index contributed by atoms with van der Waals surface area (Å²) in [4.78, 5) is 11.3. The molecule has 1 aromatic carbocycles. The molecular formula is C15H22ClNO3. The van der Waals surface area contributed by atoms with Crippen molar-refractivity contribution >= 4 is 17.6 Å². The van der Waals surface area contributed by atoms with E-state index in [-0.39, 0.29) is 12.6 Å². The zero-order valence-corrected chi connectivity index (χ0v) is 13.0. The van der Waals surface area contributed by atoms with Gasteiger partial charge in [-0.3, -0.25) is 0 Å². The second-order valence-electron chi connectivity index (χ2n) is 4.83. The van der Waals surface area contributed by atoms with Gasteiger partial charge >= 0.3 is 5.97 Å². The molecule has 0 aromatic heterocycles. The van der Waals surface area contributed by atoms with Crippen molar-refractivity contribution in [2.75, 3.05) is 19.8 Å². The summed E-state index contributed by atoms with van der Waals surface area (Å²) in [5.74, 6) is 0.789. The molecular weight excluding hydrogens is 278 g/mol. The summed E-state index contributed by atoms with van der Waals surface area (Å²) in [6.45, 7) is 7.78. The largest absolute Gasteiger partial charge is 0.482 e. The lowest BCUT2D eigenvalue weighted by atomic mass is 10.1. The third kappa shape index (κ3) is 5.80. The number of hydrogen-bond acceptors (Lipinski definition) is 4. The predicted octanol–water partition coefficient (Wildman–Crippen LogP) is 3.03. The predicted molar refractivity (Wildman–Crippen MR) is 80.1 cm³/mol. The molecule has 0 bridgehead atoms. The Morgan fingerprint density at radius 2 is 2.15 bits per heavy atom.